The summed E-state index contributed by atoms with van der Waals surface area (Å²) in [6.45, 7) is 6.47. The van der Waals surface area contributed by atoms with Crippen LogP contribution in [0.1, 0.15) is 32.9 Å². The number of methoxy groups -OCH3 is 1. The van der Waals surface area contributed by atoms with E-state index in [-0.39, 0.29) is 5.41 Å². The molecule has 2 rings (SSSR count). The van der Waals surface area contributed by atoms with E-state index in [2.05, 4.69) is 25.9 Å². The molecule has 0 atom stereocenters. The number of ether oxygens (including phenoxy) is 1. The van der Waals surface area contributed by atoms with E-state index in [1.54, 1.807) is 17.9 Å². The number of anilines is 1. The zero-order valence-corrected chi connectivity index (χ0v) is 14.0. The number of hydrogen-bond donors (Lipinski definition) is 1. The molecule has 4 nitrogen and oxygen atoms in total. The molecule has 0 amide bonds. The second-order valence-electron chi connectivity index (χ2n) is 5.81. The number of nitrogens with two attached hydrogens (primary N) is 1. The van der Waals surface area contributed by atoms with Gasteiger partial charge in [0, 0.05) is 23.0 Å². The molecule has 1 aromatic heterocycles. The van der Waals surface area contributed by atoms with Crippen LogP contribution >= 0.6 is 11.6 Å². The summed E-state index contributed by atoms with van der Waals surface area (Å²) in [4.78, 5) is 0. The van der Waals surface area contributed by atoms with Crippen molar-refractivity contribution in [2.45, 2.75) is 32.6 Å². The topological polar surface area (TPSA) is 53.1 Å². The molecule has 0 aliphatic heterocycles. The van der Waals surface area contributed by atoms with Gasteiger partial charge in [-0.3, -0.25) is 4.68 Å². The number of hydrogen-bond acceptors (Lipinski definition) is 3. The van der Waals surface area contributed by atoms with Gasteiger partial charge in [0.2, 0.25) is 0 Å². The molecule has 2 N–H and O–H groups in total. The number of nitrogen functional groups attached to an aromatic ring is 1. The number of nitrogens with zero attached hydrogens (tertiary/aromatic N) is 2. The van der Waals surface area contributed by atoms with Gasteiger partial charge in [0.05, 0.1) is 18.4 Å². The molecule has 5 heteroatoms. The van der Waals surface area contributed by atoms with Gasteiger partial charge < -0.3 is 10.5 Å². The molecule has 0 spiro atoms. The van der Waals surface area contributed by atoms with Crippen LogP contribution in [0.4, 0.5) is 5.82 Å². The minimum atomic E-state index is -0.0853. The Balaban J connectivity index is 2.78. The number of aromatic nitrogens is 2. The Morgan fingerprint density at radius 2 is 2.05 bits per heavy atom. The highest BCUT2D eigenvalue weighted by atomic mass is 35.5. The van der Waals surface area contributed by atoms with Crippen LogP contribution < -0.4 is 10.5 Å². The summed E-state index contributed by atoms with van der Waals surface area (Å²) < 4.78 is 7.18. The van der Waals surface area contributed by atoms with Crippen molar-refractivity contribution >= 4 is 17.4 Å². The van der Waals surface area contributed by atoms with Crippen molar-refractivity contribution in [1.29, 1.82) is 0 Å². The molecule has 0 unspecified atom stereocenters. The van der Waals surface area contributed by atoms with Gasteiger partial charge in [-0.05, 0) is 24.6 Å². The third-order valence-electron chi connectivity index (χ3n) is 4.05. The van der Waals surface area contributed by atoms with E-state index in [9.17, 15) is 0 Å². The highest BCUT2D eigenvalue weighted by Gasteiger charge is 2.29. The number of rotatable bonds is 4. The van der Waals surface area contributed by atoms with Gasteiger partial charge in [-0.15, -0.1) is 0 Å². The Labute approximate surface area is 130 Å². The molecule has 0 saturated heterocycles. The normalized spacial score (nSPS) is 11.7. The van der Waals surface area contributed by atoms with E-state index >= 15 is 0 Å². The molecular weight excluding hydrogens is 286 g/mol. The maximum atomic E-state index is 6.26. The lowest BCUT2D eigenvalue weighted by atomic mass is 9.82. The summed E-state index contributed by atoms with van der Waals surface area (Å²) in [5, 5.41) is 5.27. The molecule has 2 aromatic rings. The molecular formula is C16H22ClN3O. The van der Waals surface area contributed by atoms with Crippen LogP contribution in [0.5, 0.6) is 5.75 Å². The second-order valence-corrected chi connectivity index (χ2v) is 6.25. The van der Waals surface area contributed by atoms with E-state index in [0.717, 1.165) is 29.0 Å². The van der Waals surface area contributed by atoms with Gasteiger partial charge in [-0.1, -0.05) is 32.4 Å². The first-order valence-electron chi connectivity index (χ1n) is 6.98. The fourth-order valence-corrected chi connectivity index (χ4v) is 2.49. The van der Waals surface area contributed by atoms with E-state index in [0.29, 0.717) is 10.8 Å². The molecule has 21 heavy (non-hydrogen) atoms. The molecule has 0 fully saturated rings. The lowest BCUT2D eigenvalue weighted by molar-refractivity contribution is 0.416. The largest absolute Gasteiger partial charge is 0.496 e. The second kappa shape index (κ2) is 5.60. The first-order valence-corrected chi connectivity index (χ1v) is 7.36. The Morgan fingerprint density at radius 3 is 2.62 bits per heavy atom. The maximum Gasteiger partial charge on any atom is 0.129 e. The van der Waals surface area contributed by atoms with Gasteiger partial charge in [0.1, 0.15) is 11.6 Å². The monoisotopic (exact) mass is 307 g/mol. The molecule has 1 aromatic carbocycles. The van der Waals surface area contributed by atoms with Gasteiger partial charge in [-0.25, -0.2) is 0 Å². The van der Waals surface area contributed by atoms with Crippen LogP contribution in [0.15, 0.2) is 18.2 Å². The highest BCUT2D eigenvalue weighted by Crippen LogP contribution is 2.42. The molecule has 0 bridgehead atoms. The Kier molecular flexibility index (Phi) is 4.19. The van der Waals surface area contributed by atoms with Crippen molar-refractivity contribution in [2.24, 2.45) is 7.05 Å². The summed E-state index contributed by atoms with van der Waals surface area (Å²) in [5.74, 6) is 1.36. The first kappa shape index (κ1) is 15.7. The van der Waals surface area contributed by atoms with Crippen LogP contribution in [-0.2, 0) is 12.5 Å². The van der Waals surface area contributed by atoms with E-state index in [1.165, 1.54) is 0 Å². The minimum absolute atomic E-state index is 0.0853. The number of benzene rings is 1. The molecule has 0 aliphatic carbocycles. The zero-order chi connectivity index (χ0) is 15.8. The predicted octanol–water partition coefficient (Wildman–Crippen LogP) is 4.02. The third kappa shape index (κ3) is 2.72. The van der Waals surface area contributed by atoms with E-state index < -0.39 is 0 Å². The summed E-state index contributed by atoms with van der Waals surface area (Å²) in [6, 6.07) is 5.54. The third-order valence-corrected chi connectivity index (χ3v) is 4.28. The zero-order valence-electron chi connectivity index (χ0n) is 13.2. The van der Waals surface area contributed by atoms with Crippen LogP contribution in [0.25, 0.3) is 11.1 Å². The average Bonchev–Trinajstić information content (AvgIpc) is 2.75. The summed E-state index contributed by atoms with van der Waals surface area (Å²) >= 11 is 6.16. The first-order chi connectivity index (χ1) is 9.81. The van der Waals surface area contributed by atoms with Crippen LogP contribution in [0, 0.1) is 0 Å². The quantitative estimate of drug-likeness (QED) is 0.928. The van der Waals surface area contributed by atoms with Gasteiger partial charge in [0.15, 0.2) is 0 Å². The van der Waals surface area contributed by atoms with Crippen molar-refractivity contribution in [1.82, 2.24) is 9.78 Å². The lowest BCUT2D eigenvalue weighted by Gasteiger charge is -2.22. The van der Waals surface area contributed by atoms with Gasteiger partial charge in [0.25, 0.3) is 0 Å². The highest BCUT2D eigenvalue weighted by molar-refractivity contribution is 6.31. The molecule has 1 heterocycles. The van der Waals surface area contributed by atoms with Gasteiger partial charge in [-0.2, -0.15) is 5.10 Å². The Hall–Kier alpha value is -1.68. The SMILES string of the molecule is CCC(C)(C)c1nn(C)c(N)c1-c1cc(Cl)ccc1OC. The smallest absolute Gasteiger partial charge is 0.129 e. The molecule has 0 radical (unpaired) electrons. The summed E-state index contributed by atoms with van der Waals surface area (Å²) in [7, 11) is 3.50. The number of aryl methyl sites for hydroxylation is 1. The Morgan fingerprint density at radius 1 is 1.38 bits per heavy atom. The van der Waals surface area contributed by atoms with Crippen LogP contribution in [0.2, 0.25) is 5.02 Å². The summed E-state index contributed by atoms with van der Waals surface area (Å²) in [6.07, 6.45) is 0.958. The van der Waals surface area contributed by atoms with Crippen molar-refractivity contribution in [2.75, 3.05) is 12.8 Å². The fraction of sp³-hybridized carbons (Fsp3) is 0.438. The van der Waals surface area contributed by atoms with E-state index in [1.807, 2.05) is 19.2 Å². The van der Waals surface area contributed by atoms with Crippen molar-refractivity contribution in [3.8, 4) is 16.9 Å². The molecule has 0 aliphatic rings. The van der Waals surface area contributed by atoms with Crippen LogP contribution in [0.3, 0.4) is 0 Å². The standard InChI is InChI=1S/C16H22ClN3O/c1-6-16(2,3)14-13(15(18)20(4)19-14)11-9-10(17)7-8-12(11)21-5/h7-9H,6,18H2,1-5H3. The van der Waals surface area contributed by atoms with Crippen molar-refractivity contribution < 1.29 is 4.74 Å². The van der Waals surface area contributed by atoms with Crippen molar-refractivity contribution in [3.63, 3.8) is 0 Å². The maximum absolute atomic E-state index is 6.26. The lowest BCUT2D eigenvalue weighted by Crippen LogP contribution is -2.17. The Bertz CT molecular complexity index is 662. The fourth-order valence-electron chi connectivity index (χ4n) is 2.32. The van der Waals surface area contributed by atoms with E-state index in [4.69, 9.17) is 22.1 Å². The minimum Gasteiger partial charge on any atom is -0.496 e. The van der Waals surface area contributed by atoms with Crippen molar-refractivity contribution in [3.05, 3.63) is 28.9 Å². The number of halogens is 1. The molecule has 0 saturated carbocycles. The predicted molar refractivity (Wildman–Crippen MR) is 87.9 cm³/mol. The molecule has 114 valence electrons. The average molecular weight is 308 g/mol. The summed E-state index contributed by atoms with van der Waals surface area (Å²) in [5.41, 5.74) is 8.93. The van der Waals surface area contributed by atoms with Gasteiger partial charge >= 0.3 is 0 Å². The van der Waals surface area contributed by atoms with Crippen LogP contribution in [-0.4, -0.2) is 16.9 Å².